The number of esters is 1. The van der Waals surface area contributed by atoms with Crippen molar-refractivity contribution in [3.8, 4) is 0 Å². The molecule has 0 spiro atoms. The third-order valence-electron chi connectivity index (χ3n) is 4.78. The number of hydrogen-bond donors (Lipinski definition) is 1. The van der Waals surface area contributed by atoms with Crippen molar-refractivity contribution in [3.05, 3.63) is 52.1 Å². The first kappa shape index (κ1) is 16.4. The molecular weight excluding hydrogens is 304 g/mol. The van der Waals surface area contributed by atoms with Gasteiger partial charge in [0.15, 0.2) is 12.4 Å². The highest BCUT2D eigenvalue weighted by Gasteiger charge is 2.24. The maximum atomic E-state index is 12.7. The Morgan fingerprint density at radius 3 is 2.62 bits per heavy atom. The zero-order valence-electron chi connectivity index (χ0n) is 14.4. The smallest absolute Gasteiger partial charge is 0.339 e. The van der Waals surface area contributed by atoms with Crippen LogP contribution in [-0.2, 0) is 24.1 Å². The van der Waals surface area contributed by atoms with Gasteiger partial charge >= 0.3 is 5.97 Å². The van der Waals surface area contributed by atoms with Gasteiger partial charge < -0.3 is 9.72 Å². The molecule has 0 bridgehead atoms. The lowest BCUT2D eigenvalue weighted by atomic mass is 9.93. The summed E-state index contributed by atoms with van der Waals surface area (Å²) in [5, 5.41) is 0. The number of rotatable bonds is 4. The number of hydrogen-bond acceptors (Lipinski definition) is 3. The van der Waals surface area contributed by atoms with Crippen molar-refractivity contribution in [3.63, 3.8) is 0 Å². The highest BCUT2D eigenvalue weighted by molar-refractivity contribution is 6.00. The summed E-state index contributed by atoms with van der Waals surface area (Å²) in [6.45, 7) is 3.82. The summed E-state index contributed by atoms with van der Waals surface area (Å²) in [6, 6.07) is 2.12. The molecule has 0 saturated heterocycles. The summed E-state index contributed by atoms with van der Waals surface area (Å²) in [5.74, 6) is -0.451. The van der Waals surface area contributed by atoms with E-state index in [4.69, 9.17) is 4.74 Å². The molecule has 0 amide bonds. The average Bonchev–Trinajstić information content (AvgIpc) is 2.88. The summed E-state index contributed by atoms with van der Waals surface area (Å²) in [7, 11) is 1.35. The minimum atomic E-state index is -0.415. The number of carbonyl (C=O) groups is 2. The van der Waals surface area contributed by atoms with Gasteiger partial charge in [-0.05, 0) is 50.7 Å². The highest BCUT2D eigenvalue weighted by atomic mass is 16.5. The second-order valence-electron chi connectivity index (χ2n) is 6.41. The Bertz CT molecular complexity index is 805. The predicted molar refractivity (Wildman–Crippen MR) is 89.2 cm³/mol. The van der Waals surface area contributed by atoms with Gasteiger partial charge in [-0.15, -0.1) is 0 Å². The van der Waals surface area contributed by atoms with Crippen LogP contribution in [0.15, 0.2) is 18.5 Å². The van der Waals surface area contributed by atoms with Crippen molar-refractivity contribution in [2.75, 3.05) is 7.11 Å². The van der Waals surface area contributed by atoms with Crippen LogP contribution in [0.3, 0.4) is 0 Å². The summed E-state index contributed by atoms with van der Waals surface area (Å²) < 4.78 is 6.73. The van der Waals surface area contributed by atoms with Crippen LogP contribution < -0.4 is 4.57 Å². The number of ketones is 1. The molecule has 2 heterocycles. The van der Waals surface area contributed by atoms with Crippen molar-refractivity contribution in [1.29, 1.82) is 0 Å². The van der Waals surface area contributed by atoms with Gasteiger partial charge in [-0.3, -0.25) is 4.79 Å². The Balaban J connectivity index is 1.84. The van der Waals surface area contributed by atoms with E-state index in [1.54, 1.807) is 13.8 Å². The second-order valence-corrected chi connectivity index (χ2v) is 6.41. The van der Waals surface area contributed by atoms with Crippen molar-refractivity contribution >= 4 is 11.8 Å². The first-order chi connectivity index (χ1) is 11.5. The van der Waals surface area contributed by atoms with Gasteiger partial charge in [-0.25, -0.2) is 4.79 Å². The number of H-pyrrole nitrogens is 1. The zero-order chi connectivity index (χ0) is 17.3. The van der Waals surface area contributed by atoms with Gasteiger partial charge in [0.1, 0.15) is 0 Å². The molecule has 0 unspecified atom stereocenters. The van der Waals surface area contributed by atoms with E-state index in [1.165, 1.54) is 31.1 Å². The average molecular weight is 327 g/mol. The molecule has 2 aromatic heterocycles. The first-order valence-electron chi connectivity index (χ1n) is 8.32. The van der Waals surface area contributed by atoms with Gasteiger partial charge in [0.2, 0.25) is 12.3 Å². The molecule has 1 aliphatic carbocycles. The van der Waals surface area contributed by atoms with E-state index < -0.39 is 5.97 Å². The minimum absolute atomic E-state index is 0.0356. The summed E-state index contributed by atoms with van der Waals surface area (Å²) in [5.41, 5.74) is 4.99. The number of nitrogens with one attached hydrogen (secondary N) is 1. The van der Waals surface area contributed by atoms with Crippen LogP contribution in [0.5, 0.6) is 0 Å². The lowest BCUT2D eigenvalue weighted by molar-refractivity contribution is -0.683. The Hall–Kier alpha value is -2.43. The van der Waals surface area contributed by atoms with Crippen LogP contribution >= 0.6 is 0 Å². The van der Waals surface area contributed by atoms with Crippen LogP contribution in [0, 0.1) is 13.8 Å². The van der Waals surface area contributed by atoms with E-state index in [2.05, 4.69) is 17.2 Å². The molecule has 1 N–H and O–H groups in total. The highest BCUT2D eigenvalue weighted by Crippen LogP contribution is 2.20. The molecule has 126 valence electrons. The quantitative estimate of drug-likeness (QED) is 0.533. The van der Waals surface area contributed by atoms with E-state index in [1.807, 2.05) is 10.8 Å². The fourth-order valence-electron chi connectivity index (χ4n) is 3.50. The number of aryl methyl sites for hydroxylation is 3. The van der Waals surface area contributed by atoms with Gasteiger partial charge in [0.25, 0.3) is 0 Å². The van der Waals surface area contributed by atoms with Gasteiger partial charge in [-0.2, -0.15) is 4.57 Å². The lowest BCUT2D eigenvalue weighted by Crippen LogP contribution is -2.38. The number of fused-ring (bicyclic) bond motifs is 1. The first-order valence-corrected chi connectivity index (χ1v) is 8.32. The zero-order valence-corrected chi connectivity index (χ0v) is 14.4. The number of methoxy groups -OCH3 is 1. The van der Waals surface area contributed by atoms with Crippen molar-refractivity contribution in [2.45, 2.75) is 46.1 Å². The number of ether oxygens (including phenoxy) is 1. The maximum absolute atomic E-state index is 12.7. The number of carbonyl (C=O) groups excluding carboxylic acids is 2. The topological polar surface area (TPSA) is 63.0 Å². The van der Waals surface area contributed by atoms with Crippen LogP contribution in [-0.4, -0.2) is 23.8 Å². The molecule has 5 nitrogen and oxygen atoms in total. The normalized spacial score (nSPS) is 13.5. The predicted octanol–water partition coefficient (Wildman–Crippen LogP) is 2.47. The molecule has 3 rings (SSSR count). The molecule has 0 atom stereocenters. The van der Waals surface area contributed by atoms with Crippen LogP contribution in [0.2, 0.25) is 0 Å². The number of aromatic nitrogens is 2. The van der Waals surface area contributed by atoms with Gasteiger partial charge in [-0.1, -0.05) is 0 Å². The number of pyridine rings is 1. The molecule has 2 aromatic rings. The van der Waals surface area contributed by atoms with Crippen LogP contribution in [0.25, 0.3) is 0 Å². The lowest BCUT2D eigenvalue weighted by Gasteiger charge is -2.13. The number of nitrogens with zero attached hydrogens (tertiary/aromatic N) is 1. The van der Waals surface area contributed by atoms with Crippen LogP contribution in [0.1, 0.15) is 56.1 Å². The molecule has 0 aromatic carbocycles. The Kier molecular flexibility index (Phi) is 4.51. The summed E-state index contributed by atoms with van der Waals surface area (Å²) >= 11 is 0. The fourth-order valence-corrected chi connectivity index (χ4v) is 3.50. The molecule has 24 heavy (non-hydrogen) atoms. The number of Topliss-reactive ketones (excluding diaryl/α,β-unsaturated/α-hetero) is 1. The fraction of sp³-hybridized carbons (Fsp3) is 0.421. The van der Waals surface area contributed by atoms with E-state index >= 15 is 0 Å². The molecule has 5 heteroatoms. The Labute approximate surface area is 141 Å². The molecular formula is C19H23N2O3+. The third kappa shape index (κ3) is 2.98. The van der Waals surface area contributed by atoms with E-state index in [-0.39, 0.29) is 12.3 Å². The second kappa shape index (κ2) is 6.59. The Morgan fingerprint density at radius 1 is 1.21 bits per heavy atom. The summed E-state index contributed by atoms with van der Waals surface area (Å²) in [4.78, 5) is 27.6. The SMILES string of the molecule is COC(=O)c1c(C)[nH]c(C(=O)C[n+]2ccc3c(c2)CCCC3)c1C. The molecule has 0 fully saturated rings. The van der Waals surface area contributed by atoms with E-state index in [0.717, 1.165) is 12.8 Å². The van der Waals surface area contributed by atoms with Crippen LogP contribution in [0.4, 0.5) is 0 Å². The van der Waals surface area contributed by atoms with Crippen molar-refractivity contribution < 1.29 is 18.9 Å². The molecule has 1 aliphatic rings. The molecule has 0 radical (unpaired) electrons. The summed E-state index contributed by atoms with van der Waals surface area (Å²) in [6.07, 6.45) is 8.71. The minimum Gasteiger partial charge on any atom is -0.465 e. The Morgan fingerprint density at radius 2 is 1.92 bits per heavy atom. The van der Waals surface area contributed by atoms with Crippen molar-refractivity contribution in [1.82, 2.24) is 4.98 Å². The third-order valence-corrected chi connectivity index (χ3v) is 4.78. The largest absolute Gasteiger partial charge is 0.465 e. The monoisotopic (exact) mass is 327 g/mol. The standard InChI is InChI=1S/C19H22N2O3/c1-12-17(19(23)24-3)13(2)20-18(12)16(22)11-21-9-8-14-6-4-5-7-15(14)10-21/h8-10H,4-7,11H2,1-3H3/p+1. The van der Waals surface area contributed by atoms with Gasteiger partial charge in [0.05, 0.1) is 18.4 Å². The van der Waals surface area contributed by atoms with Gasteiger partial charge in [0, 0.05) is 17.3 Å². The number of aromatic amines is 1. The van der Waals surface area contributed by atoms with E-state index in [0.29, 0.717) is 22.5 Å². The molecule has 0 aliphatic heterocycles. The van der Waals surface area contributed by atoms with E-state index in [9.17, 15) is 9.59 Å². The maximum Gasteiger partial charge on any atom is 0.339 e. The van der Waals surface area contributed by atoms with Crippen molar-refractivity contribution in [2.24, 2.45) is 0 Å². The molecule has 0 saturated carbocycles.